The maximum atomic E-state index is 12.3. The van der Waals surface area contributed by atoms with Crippen LogP contribution in [0.4, 0.5) is 5.00 Å². The Balaban J connectivity index is 1.80. The number of methoxy groups -OCH3 is 1. The lowest BCUT2D eigenvalue weighted by Crippen LogP contribution is -2.16. The predicted molar refractivity (Wildman–Crippen MR) is 109 cm³/mol. The second kappa shape index (κ2) is 8.60. The topological polar surface area (TPSA) is 73.2 Å². The maximum Gasteiger partial charge on any atom is 0.341 e. The summed E-state index contributed by atoms with van der Waals surface area (Å²) in [5, 5.41) is 6.42. The van der Waals surface area contributed by atoms with E-state index in [4.69, 9.17) is 16.3 Å². The quantitative estimate of drug-likeness (QED) is 0.474. The molecule has 0 bridgehead atoms. The summed E-state index contributed by atoms with van der Waals surface area (Å²) in [4.78, 5) is 28.8. The van der Waals surface area contributed by atoms with Gasteiger partial charge in [-0.1, -0.05) is 35.5 Å². The molecular formula is C18H16ClN3O3S2. The molecule has 0 saturated heterocycles. The van der Waals surface area contributed by atoms with Crippen LogP contribution in [0.1, 0.15) is 10.4 Å². The summed E-state index contributed by atoms with van der Waals surface area (Å²) >= 11 is 8.53. The molecule has 0 radical (unpaired) electrons. The van der Waals surface area contributed by atoms with Gasteiger partial charge in [-0.15, -0.1) is 11.3 Å². The van der Waals surface area contributed by atoms with Gasteiger partial charge in [0.2, 0.25) is 5.91 Å². The summed E-state index contributed by atoms with van der Waals surface area (Å²) in [5.74, 6) is -0.550. The Morgan fingerprint density at radius 2 is 2.07 bits per heavy atom. The third-order valence-corrected chi connectivity index (χ3v) is 5.90. The number of rotatable bonds is 6. The van der Waals surface area contributed by atoms with Crippen LogP contribution in [0.2, 0.25) is 5.02 Å². The van der Waals surface area contributed by atoms with E-state index in [1.807, 2.05) is 35.3 Å². The Morgan fingerprint density at radius 3 is 2.70 bits per heavy atom. The van der Waals surface area contributed by atoms with Crippen molar-refractivity contribution < 1.29 is 14.3 Å². The van der Waals surface area contributed by atoms with E-state index in [0.29, 0.717) is 21.2 Å². The van der Waals surface area contributed by atoms with Crippen LogP contribution < -0.4 is 5.32 Å². The molecule has 0 unspecified atom stereocenters. The lowest BCUT2D eigenvalue weighted by Gasteiger charge is -2.08. The average Bonchev–Trinajstić information content (AvgIpc) is 3.26. The summed E-state index contributed by atoms with van der Waals surface area (Å²) in [7, 11) is 3.18. The van der Waals surface area contributed by atoms with Crippen molar-refractivity contribution in [2.75, 3.05) is 18.2 Å². The van der Waals surface area contributed by atoms with Gasteiger partial charge in [-0.2, -0.15) is 0 Å². The number of nitrogens with one attached hydrogen (secondary N) is 1. The van der Waals surface area contributed by atoms with Gasteiger partial charge in [0.05, 0.1) is 12.9 Å². The molecule has 0 aliphatic heterocycles. The normalized spacial score (nSPS) is 10.6. The third-order valence-electron chi connectivity index (χ3n) is 3.70. The number of amides is 1. The number of hydrogen-bond donors (Lipinski definition) is 1. The van der Waals surface area contributed by atoms with Crippen molar-refractivity contribution in [2.45, 2.75) is 5.16 Å². The van der Waals surface area contributed by atoms with Crippen LogP contribution in [0.5, 0.6) is 0 Å². The Morgan fingerprint density at radius 1 is 1.33 bits per heavy atom. The molecule has 140 valence electrons. The molecule has 0 aliphatic rings. The number of aryl methyl sites for hydroxylation is 1. The Labute approximate surface area is 169 Å². The third kappa shape index (κ3) is 4.52. The zero-order valence-electron chi connectivity index (χ0n) is 14.6. The number of imidazole rings is 1. The van der Waals surface area contributed by atoms with E-state index in [1.165, 1.54) is 30.2 Å². The lowest BCUT2D eigenvalue weighted by atomic mass is 10.0. The first kappa shape index (κ1) is 19.5. The smallest absolute Gasteiger partial charge is 0.341 e. The van der Waals surface area contributed by atoms with Crippen molar-refractivity contribution in [2.24, 2.45) is 7.05 Å². The van der Waals surface area contributed by atoms with Gasteiger partial charge in [-0.25, -0.2) is 9.78 Å². The summed E-state index contributed by atoms with van der Waals surface area (Å²) in [6.45, 7) is 0. The average molecular weight is 422 g/mol. The zero-order valence-corrected chi connectivity index (χ0v) is 17.0. The molecule has 1 aromatic carbocycles. The van der Waals surface area contributed by atoms with Crippen LogP contribution >= 0.6 is 34.7 Å². The predicted octanol–water partition coefficient (Wildman–Crippen LogP) is 4.32. The molecule has 0 aliphatic carbocycles. The number of benzene rings is 1. The number of anilines is 1. The summed E-state index contributed by atoms with van der Waals surface area (Å²) in [6.07, 6.45) is 3.49. The van der Waals surface area contributed by atoms with Gasteiger partial charge in [-0.05, 0) is 17.7 Å². The van der Waals surface area contributed by atoms with Crippen molar-refractivity contribution in [3.05, 3.63) is 52.6 Å². The van der Waals surface area contributed by atoms with Crippen LogP contribution in [0.3, 0.4) is 0 Å². The number of carbonyl (C=O) groups excluding carboxylic acids is 2. The molecule has 6 nitrogen and oxygen atoms in total. The number of halogens is 1. The van der Waals surface area contributed by atoms with Gasteiger partial charge in [-0.3, -0.25) is 4.79 Å². The Kier molecular flexibility index (Phi) is 6.20. The Hall–Kier alpha value is -2.29. The molecule has 2 aromatic heterocycles. The first-order valence-electron chi connectivity index (χ1n) is 7.85. The van der Waals surface area contributed by atoms with E-state index in [2.05, 4.69) is 10.3 Å². The molecule has 3 aromatic rings. The van der Waals surface area contributed by atoms with E-state index >= 15 is 0 Å². The van der Waals surface area contributed by atoms with Gasteiger partial charge < -0.3 is 14.6 Å². The van der Waals surface area contributed by atoms with Crippen LogP contribution in [-0.4, -0.2) is 34.3 Å². The number of ether oxygens (including phenoxy) is 1. The highest BCUT2D eigenvalue weighted by molar-refractivity contribution is 7.99. The molecule has 1 amide bonds. The molecule has 27 heavy (non-hydrogen) atoms. The fourth-order valence-corrected chi connectivity index (χ4v) is 4.21. The minimum Gasteiger partial charge on any atom is -0.465 e. The van der Waals surface area contributed by atoms with Crippen LogP contribution in [0.25, 0.3) is 11.1 Å². The Bertz CT molecular complexity index is 967. The zero-order chi connectivity index (χ0) is 19.4. The van der Waals surface area contributed by atoms with Gasteiger partial charge in [0.1, 0.15) is 10.6 Å². The van der Waals surface area contributed by atoms with Crippen molar-refractivity contribution in [3.63, 3.8) is 0 Å². The molecule has 1 N–H and O–H groups in total. The molecule has 2 heterocycles. The standard InChI is InChI=1S/C18H16ClN3O3S2/c1-22-8-7-20-18(22)27-10-14(23)21-16-15(17(24)25-2)13(9-26-16)11-3-5-12(19)6-4-11/h3-9H,10H2,1-2H3,(H,21,23). The van der Waals surface area contributed by atoms with Gasteiger partial charge in [0.15, 0.2) is 5.16 Å². The molecule has 0 fully saturated rings. The fourth-order valence-electron chi connectivity index (χ4n) is 2.38. The maximum absolute atomic E-state index is 12.3. The minimum absolute atomic E-state index is 0.180. The summed E-state index contributed by atoms with van der Waals surface area (Å²) in [6, 6.07) is 7.13. The van der Waals surface area contributed by atoms with E-state index in [1.54, 1.807) is 18.3 Å². The molecule has 3 rings (SSSR count). The summed E-state index contributed by atoms with van der Waals surface area (Å²) in [5.41, 5.74) is 1.84. The lowest BCUT2D eigenvalue weighted by molar-refractivity contribution is -0.113. The number of hydrogen-bond acceptors (Lipinski definition) is 6. The van der Waals surface area contributed by atoms with E-state index in [-0.39, 0.29) is 11.7 Å². The fraction of sp³-hybridized carbons (Fsp3) is 0.167. The summed E-state index contributed by atoms with van der Waals surface area (Å²) < 4.78 is 6.74. The van der Waals surface area contributed by atoms with E-state index in [0.717, 1.165) is 10.7 Å². The first-order valence-corrected chi connectivity index (χ1v) is 10.1. The van der Waals surface area contributed by atoms with Crippen molar-refractivity contribution >= 4 is 51.6 Å². The monoisotopic (exact) mass is 421 g/mol. The molecular weight excluding hydrogens is 406 g/mol. The van der Waals surface area contributed by atoms with Gasteiger partial charge in [0, 0.05) is 35.4 Å². The van der Waals surface area contributed by atoms with Crippen molar-refractivity contribution in [1.29, 1.82) is 0 Å². The highest BCUT2D eigenvalue weighted by Gasteiger charge is 2.22. The second-order valence-electron chi connectivity index (χ2n) is 5.51. The highest BCUT2D eigenvalue weighted by atomic mass is 35.5. The molecule has 0 atom stereocenters. The minimum atomic E-state index is -0.506. The number of thiophene rings is 1. The highest BCUT2D eigenvalue weighted by Crippen LogP contribution is 2.36. The molecule has 0 spiro atoms. The number of thioether (sulfide) groups is 1. The van der Waals surface area contributed by atoms with Crippen molar-refractivity contribution in [1.82, 2.24) is 9.55 Å². The second-order valence-corrected chi connectivity index (χ2v) is 7.77. The van der Waals surface area contributed by atoms with Gasteiger partial charge >= 0.3 is 5.97 Å². The number of carbonyl (C=O) groups is 2. The largest absolute Gasteiger partial charge is 0.465 e. The SMILES string of the molecule is COC(=O)c1c(-c2ccc(Cl)cc2)csc1NC(=O)CSc1nccn1C. The van der Waals surface area contributed by atoms with Crippen molar-refractivity contribution in [3.8, 4) is 11.1 Å². The van der Waals surface area contributed by atoms with E-state index < -0.39 is 5.97 Å². The van der Waals surface area contributed by atoms with Crippen LogP contribution in [0, 0.1) is 0 Å². The van der Waals surface area contributed by atoms with Gasteiger partial charge in [0.25, 0.3) is 0 Å². The molecule has 9 heteroatoms. The van der Waals surface area contributed by atoms with Crippen LogP contribution in [0.15, 0.2) is 47.2 Å². The number of nitrogens with zero attached hydrogens (tertiary/aromatic N) is 2. The van der Waals surface area contributed by atoms with Crippen LogP contribution in [-0.2, 0) is 16.6 Å². The van der Waals surface area contributed by atoms with E-state index in [9.17, 15) is 9.59 Å². The number of esters is 1. The number of aromatic nitrogens is 2. The first-order chi connectivity index (χ1) is 13.0. The molecule has 0 saturated carbocycles.